The molecule has 45 heavy (non-hydrogen) atoms. The highest BCUT2D eigenvalue weighted by molar-refractivity contribution is 5.85. The summed E-state index contributed by atoms with van der Waals surface area (Å²) in [5.41, 5.74) is 4.62. The minimum Gasteiger partial charge on any atom is -0.463 e. The Labute approximate surface area is 258 Å². The molecule has 3 N–H and O–H groups in total. The van der Waals surface area contributed by atoms with Gasteiger partial charge in [0.25, 0.3) is 0 Å². The molecule has 242 valence electrons. The fourth-order valence-electron chi connectivity index (χ4n) is 7.57. The summed E-state index contributed by atoms with van der Waals surface area (Å²) in [4.78, 5) is 21.6. The number of alkyl halides is 3. The zero-order valence-corrected chi connectivity index (χ0v) is 25.4. The fourth-order valence-corrected chi connectivity index (χ4v) is 7.57. The molecule has 0 spiro atoms. The predicted molar refractivity (Wildman–Crippen MR) is 160 cm³/mol. The summed E-state index contributed by atoms with van der Waals surface area (Å²) in [5.74, 6) is -0.846. The van der Waals surface area contributed by atoms with Crippen molar-refractivity contribution in [3.8, 4) is 6.01 Å². The van der Waals surface area contributed by atoms with E-state index in [2.05, 4.69) is 37.2 Å². The van der Waals surface area contributed by atoms with Gasteiger partial charge in [-0.05, 0) is 25.3 Å². The van der Waals surface area contributed by atoms with Gasteiger partial charge in [-0.15, -0.1) is 0 Å². The van der Waals surface area contributed by atoms with Crippen molar-refractivity contribution in [2.45, 2.75) is 75.3 Å². The van der Waals surface area contributed by atoms with Gasteiger partial charge in [-0.1, -0.05) is 18.2 Å². The number of hydrogen-bond acceptors (Lipinski definition) is 10. The van der Waals surface area contributed by atoms with Crippen LogP contribution in [0.2, 0.25) is 0 Å². The average molecular weight is 631 g/mol. The second kappa shape index (κ2) is 11.2. The number of likely N-dealkylation sites (tertiary alicyclic amines) is 2. The molecule has 4 fully saturated rings. The zero-order chi connectivity index (χ0) is 31.6. The van der Waals surface area contributed by atoms with E-state index >= 15 is 4.39 Å². The van der Waals surface area contributed by atoms with E-state index in [1.54, 1.807) is 7.11 Å². The number of piperazine rings is 1. The van der Waals surface area contributed by atoms with Gasteiger partial charge < -0.3 is 20.6 Å². The van der Waals surface area contributed by atoms with E-state index in [4.69, 9.17) is 15.3 Å². The molecule has 10 nitrogen and oxygen atoms in total. The van der Waals surface area contributed by atoms with Crippen molar-refractivity contribution in [3.63, 3.8) is 0 Å². The lowest BCUT2D eigenvalue weighted by atomic mass is 9.80. The van der Waals surface area contributed by atoms with Crippen LogP contribution in [-0.4, -0.2) is 100 Å². The number of pyridine rings is 1. The van der Waals surface area contributed by atoms with Crippen LogP contribution in [0.1, 0.15) is 51.1 Å². The van der Waals surface area contributed by atoms with Crippen LogP contribution >= 0.6 is 0 Å². The Kier molecular flexibility index (Phi) is 7.52. The number of ether oxygens (including phenoxy) is 1. The highest BCUT2D eigenvalue weighted by atomic mass is 19.4. The van der Waals surface area contributed by atoms with Crippen LogP contribution in [0.4, 0.5) is 17.6 Å². The minimum absolute atomic E-state index is 0.00463. The van der Waals surface area contributed by atoms with Gasteiger partial charge in [0.15, 0.2) is 5.82 Å². The lowest BCUT2D eigenvalue weighted by molar-refractivity contribution is -0.217. The molecule has 0 aromatic carbocycles. The summed E-state index contributed by atoms with van der Waals surface area (Å²) in [6.45, 7) is 4.78. The molecule has 0 amide bonds. The molecule has 2 aromatic rings. The van der Waals surface area contributed by atoms with Crippen molar-refractivity contribution in [2.75, 3.05) is 39.9 Å². The molecular weight excluding hydrogens is 592 g/mol. The number of nitrogens with zero attached hydrogens (tertiary/aromatic N) is 6. The SMILES string of the molecule is CON=C1CCN(C2CC2(C)COc2ncc3cnc(C4=C(N)C=CC(N5C[C@H]6CC[C@@H](C5)N6)(C(F)(F)F)C4)c(F)c3n2)CC1. The number of hydrogen-bond donors (Lipinski definition) is 2. The van der Waals surface area contributed by atoms with Gasteiger partial charge in [-0.2, -0.15) is 18.2 Å². The number of nitrogens with one attached hydrogen (secondary N) is 1. The van der Waals surface area contributed by atoms with Crippen LogP contribution < -0.4 is 15.8 Å². The summed E-state index contributed by atoms with van der Waals surface area (Å²) in [6.07, 6.45) is 4.34. The number of aromatic nitrogens is 3. The van der Waals surface area contributed by atoms with Crippen molar-refractivity contribution >= 4 is 22.2 Å². The van der Waals surface area contributed by atoms with Crippen LogP contribution in [0.15, 0.2) is 35.4 Å². The summed E-state index contributed by atoms with van der Waals surface area (Å²) in [5, 5.41) is 7.77. The highest BCUT2D eigenvalue weighted by Gasteiger charge is 2.60. The summed E-state index contributed by atoms with van der Waals surface area (Å²) in [7, 11) is 1.56. The number of rotatable bonds is 7. The Morgan fingerprint density at radius 3 is 2.53 bits per heavy atom. The summed E-state index contributed by atoms with van der Waals surface area (Å²) in [6, 6.07) is 0.337. The third-order valence-electron chi connectivity index (χ3n) is 10.3. The lowest BCUT2D eigenvalue weighted by Crippen LogP contribution is -2.65. The molecule has 1 saturated carbocycles. The first-order chi connectivity index (χ1) is 21.5. The van der Waals surface area contributed by atoms with E-state index in [1.165, 1.54) is 23.4 Å². The molecule has 3 saturated heterocycles. The molecule has 14 heteroatoms. The van der Waals surface area contributed by atoms with Gasteiger partial charge in [0, 0.05) is 98.0 Å². The predicted octanol–water partition coefficient (Wildman–Crippen LogP) is 3.79. The number of nitrogens with two attached hydrogens (primary N) is 1. The number of halogens is 4. The van der Waals surface area contributed by atoms with E-state index in [0.29, 0.717) is 18.0 Å². The maximum absolute atomic E-state index is 16.2. The Morgan fingerprint density at radius 1 is 1.13 bits per heavy atom. The first-order valence-electron chi connectivity index (χ1n) is 15.5. The van der Waals surface area contributed by atoms with E-state index in [0.717, 1.165) is 57.0 Å². The lowest BCUT2D eigenvalue weighted by Gasteiger charge is -2.48. The Bertz CT molecular complexity index is 1560. The number of allylic oxidation sites excluding steroid dienone is 1. The maximum atomic E-state index is 16.2. The van der Waals surface area contributed by atoms with Crippen molar-refractivity contribution in [1.82, 2.24) is 30.1 Å². The monoisotopic (exact) mass is 630 g/mol. The number of fused-ring (bicyclic) bond motifs is 3. The number of oxime groups is 1. The third-order valence-corrected chi connectivity index (χ3v) is 10.3. The van der Waals surface area contributed by atoms with Crippen molar-refractivity contribution in [2.24, 2.45) is 16.3 Å². The van der Waals surface area contributed by atoms with E-state index in [9.17, 15) is 13.2 Å². The van der Waals surface area contributed by atoms with Crippen LogP contribution in [0.5, 0.6) is 6.01 Å². The molecule has 2 aromatic heterocycles. The van der Waals surface area contributed by atoms with E-state index in [1.807, 2.05) is 0 Å². The van der Waals surface area contributed by atoms with Crippen LogP contribution in [0.25, 0.3) is 16.5 Å². The van der Waals surface area contributed by atoms with Gasteiger partial charge >= 0.3 is 12.2 Å². The largest absolute Gasteiger partial charge is 0.463 e. The first-order valence-corrected chi connectivity index (χ1v) is 15.5. The van der Waals surface area contributed by atoms with E-state index < -0.39 is 24.0 Å². The van der Waals surface area contributed by atoms with E-state index in [-0.39, 0.29) is 59.1 Å². The molecule has 5 atom stereocenters. The van der Waals surface area contributed by atoms with Crippen molar-refractivity contribution < 1.29 is 27.1 Å². The topological polar surface area (TPSA) is 114 Å². The second-order valence-corrected chi connectivity index (χ2v) is 13.3. The molecule has 2 aliphatic carbocycles. The molecule has 0 radical (unpaired) electrons. The van der Waals surface area contributed by atoms with Crippen LogP contribution in [0.3, 0.4) is 0 Å². The minimum atomic E-state index is -4.62. The maximum Gasteiger partial charge on any atom is 0.410 e. The Hall–Kier alpha value is -3.36. The van der Waals surface area contributed by atoms with Gasteiger partial charge in [-0.3, -0.25) is 14.8 Å². The molecule has 3 aliphatic heterocycles. The normalized spacial score (nSPS) is 32.3. The first kappa shape index (κ1) is 30.3. The molecule has 2 bridgehead atoms. The average Bonchev–Trinajstić information content (AvgIpc) is 3.59. The zero-order valence-electron chi connectivity index (χ0n) is 25.4. The highest BCUT2D eigenvalue weighted by Crippen LogP contribution is 2.50. The molecule has 7 rings (SSSR count). The molecule has 5 aliphatic rings. The summed E-state index contributed by atoms with van der Waals surface area (Å²) >= 11 is 0. The summed E-state index contributed by atoms with van der Waals surface area (Å²) < 4.78 is 66.9. The molecular formula is C31H38F4N8O2. The van der Waals surface area contributed by atoms with Gasteiger partial charge in [0.05, 0.1) is 12.3 Å². The third kappa shape index (κ3) is 5.44. The number of piperidine rings is 1. The van der Waals surface area contributed by atoms with Gasteiger partial charge in [-0.25, -0.2) is 9.37 Å². The van der Waals surface area contributed by atoms with Gasteiger partial charge in [0.2, 0.25) is 0 Å². The molecule has 5 heterocycles. The van der Waals surface area contributed by atoms with Gasteiger partial charge in [0.1, 0.15) is 23.9 Å². The Balaban J connectivity index is 1.10. The van der Waals surface area contributed by atoms with Crippen molar-refractivity contribution in [1.29, 1.82) is 0 Å². The van der Waals surface area contributed by atoms with Crippen LogP contribution in [-0.2, 0) is 4.84 Å². The molecule has 3 unspecified atom stereocenters. The van der Waals surface area contributed by atoms with Crippen LogP contribution in [0, 0.1) is 11.2 Å². The second-order valence-electron chi connectivity index (χ2n) is 13.3. The quantitative estimate of drug-likeness (QED) is 0.349. The van der Waals surface area contributed by atoms with Crippen molar-refractivity contribution in [3.05, 3.63) is 41.8 Å². The standard InChI is InChI=1S/C31H38F4N8O2/c1-29(12-24(29)42-9-6-19(7-10-42)41-44-2)17-45-28-38-14-18-13-37-27(25(32)26(18)40-28)22-11-30(31(33,34)35,8-5-23(22)36)43-15-20-3-4-21(16-43)39-20/h5,8,13-14,20-21,24,39H,3-4,6-7,9-12,15-17,36H2,1-2H3/t20-,21+,24?,29?,30?. The fraction of sp³-hybridized carbons (Fsp3) is 0.613. The smallest absolute Gasteiger partial charge is 0.410 e. The Morgan fingerprint density at radius 2 is 1.84 bits per heavy atom.